The second-order valence-corrected chi connectivity index (χ2v) is 6.15. The molecule has 0 atom stereocenters. The highest BCUT2D eigenvalue weighted by molar-refractivity contribution is 7.92. The van der Waals surface area contributed by atoms with E-state index in [4.69, 9.17) is 17.3 Å². The molecular weight excluding hydrogens is 305 g/mol. The molecule has 0 saturated heterocycles. The Bertz CT molecular complexity index is 765. The Labute approximate surface area is 120 Å². The van der Waals surface area contributed by atoms with Crippen molar-refractivity contribution in [3.05, 3.63) is 47.0 Å². The highest BCUT2D eigenvalue weighted by atomic mass is 35.5. The number of halogens is 2. The van der Waals surface area contributed by atoms with Crippen LogP contribution in [-0.2, 0) is 10.0 Å². The fraction of sp³-hybridized carbons (Fsp3) is 0.0833. The van der Waals surface area contributed by atoms with E-state index in [2.05, 4.69) is 9.71 Å². The van der Waals surface area contributed by atoms with Gasteiger partial charge >= 0.3 is 0 Å². The van der Waals surface area contributed by atoms with Crippen LogP contribution in [0.4, 0.5) is 15.8 Å². The van der Waals surface area contributed by atoms with Crippen molar-refractivity contribution in [1.29, 1.82) is 0 Å². The number of nitrogens with one attached hydrogen (secondary N) is 1. The molecular formula is C12H11ClFN3O2S. The normalized spacial score (nSPS) is 11.3. The lowest BCUT2D eigenvalue weighted by Crippen LogP contribution is -2.15. The Hall–Kier alpha value is -1.86. The Morgan fingerprint density at radius 2 is 2.05 bits per heavy atom. The molecule has 106 valence electrons. The van der Waals surface area contributed by atoms with Gasteiger partial charge in [-0.15, -0.1) is 0 Å². The first kappa shape index (κ1) is 14.5. The van der Waals surface area contributed by atoms with Crippen LogP contribution in [-0.4, -0.2) is 13.4 Å². The molecule has 20 heavy (non-hydrogen) atoms. The van der Waals surface area contributed by atoms with Crippen molar-refractivity contribution in [2.75, 3.05) is 10.5 Å². The largest absolute Gasteiger partial charge is 0.396 e. The van der Waals surface area contributed by atoms with Gasteiger partial charge in [-0.2, -0.15) is 0 Å². The molecule has 0 unspecified atom stereocenters. The Balaban J connectivity index is 2.43. The van der Waals surface area contributed by atoms with E-state index in [-0.39, 0.29) is 27.0 Å². The molecule has 0 aliphatic carbocycles. The van der Waals surface area contributed by atoms with Crippen molar-refractivity contribution in [3.8, 4) is 0 Å². The first-order valence-corrected chi connectivity index (χ1v) is 7.36. The number of nitrogens with zero attached hydrogens (tertiary/aromatic N) is 1. The van der Waals surface area contributed by atoms with Crippen LogP contribution < -0.4 is 10.5 Å². The minimum atomic E-state index is -3.88. The number of benzene rings is 1. The number of anilines is 2. The number of pyridine rings is 1. The van der Waals surface area contributed by atoms with Crippen molar-refractivity contribution >= 4 is 33.0 Å². The summed E-state index contributed by atoms with van der Waals surface area (Å²) >= 11 is 5.68. The average Bonchev–Trinajstić information content (AvgIpc) is 2.33. The lowest BCUT2D eigenvalue weighted by molar-refractivity contribution is 0.599. The Kier molecular flexibility index (Phi) is 3.82. The maximum absolute atomic E-state index is 13.3. The lowest BCUT2D eigenvalue weighted by atomic mass is 10.2. The predicted molar refractivity (Wildman–Crippen MR) is 75.6 cm³/mol. The van der Waals surface area contributed by atoms with E-state index in [0.29, 0.717) is 0 Å². The summed E-state index contributed by atoms with van der Waals surface area (Å²) in [4.78, 5) is 3.65. The van der Waals surface area contributed by atoms with E-state index >= 15 is 0 Å². The van der Waals surface area contributed by atoms with Crippen LogP contribution in [0, 0.1) is 12.7 Å². The van der Waals surface area contributed by atoms with E-state index in [1.807, 2.05) is 0 Å². The molecule has 1 heterocycles. The van der Waals surface area contributed by atoms with Gasteiger partial charge in [0.25, 0.3) is 10.0 Å². The van der Waals surface area contributed by atoms with Crippen LogP contribution in [0.15, 0.2) is 35.4 Å². The third-order valence-electron chi connectivity index (χ3n) is 2.56. The van der Waals surface area contributed by atoms with Gasteiger partial charge in [0.2, 0.25) is 0 Å². The number of nitrogens with two attached hydrogens (primary N) is 1. The van der Waals surface area contributed by atoms with Crippen molar-refractivity contribution in [2.24, 2.45) is 0 Å². The van der Waals surface area contributed by atoms with Crippen LogP contribution >= 0.6 is 11.6 Å². The highest BCUT2D eigenvalue weighted by Gasteiger charge is 2.19. The molecule has 0 aliphatic heterocycles. The number of sulfonamides is 1. The van der Waals surface area contributed by atoms with E-state index in [9.17, 15) is 12.8 Å². The molecule has 1 aromatic heterocycles. The standard InChI is InChI=1S/C12H11ClFN3O2S/c1-7-4-9(14)10(15)6-11(7)20(18,19)17-8-2-3-16-12(13)5-8/h2-6H,15H2,1H3,(H,16,17). The summed E-state index contributed by atoms with van der Waals surface area (Å²) in [6.45, 7) is 1.48. The predicted octanol–water partition coefficient (Wildman–Crippen LogP) is 2.57. The van der Waals surface area contributed by atoms with Crippen LogP contribution in [0.1, 0.15) is 5.56 Å². The second kappa shape index (κ2) is 5.26. The number of aromatic nitrogens is 1. The zero-order valence-electron chi connectivity index (χ0n) is 10.4. The van der Waals surface area contributed by atoms with E-state index in [1.54, 1.807) is 0 Å². The SMILES string of the molecule is Cc1cc(F)c(N)cc1S(=O)(=O)Nc1ccnc(Cl)c1. The summed E-state index contributed by atoms with van der Waals surface area (Å²) in [5, 5.41) is 0.153. The maximum Gasteiger partial charge on any atom is 0.262 e. The zero-order valence-corrected chi connectivity index (χ0v) is 12.0. The molecule has 0 saturated carbocycles. The summed E-state index contributed by atoms with van der Waals surface area (Å²) in [7, 11) is -3.88. The van der Waals surface area contributed by atoms with Crippen LogP contribution in [0.5, 0.6) is 0 Å². The van der Waals surface area contributed by atoms with Crippen molar-refractivity contribution < 1.29 is 12.8 Å². The fourth-order valence-corrected chi connectivity index (χ4v) is 3.12. The number of hydrogen-bond acceptors (Lipinski definition) is 4. The number of aryl methyl sites for hydroxylation is 1. The molecule has 2 rings (SSSR count). The average molecular weight is 316 g/mol. The number of rotatable bonds is 3. The summed E-state index contributed by atoms with van der Waals surface area (Å²) in [6, 6.07) is 4.96. The molecule has 0 spiro atoms. The van der Waals surface area contributed by atoms with Gasteiger partial charge in [-0.05, 0) is 36.8 Å². The molecule has 8 heteroatoms. The Morgan fingerprint density at radius 1 is 1.35 bits per heavy atom. The van der Waals surface area contributed by atoms with Gasteiger partial charge in [0, 0.05) is 6.20 Å². The van der Waals surface area contributed by atoms with Crippen LogP contribution in [0.2, 0.25) is 5.15 Å². The van der Waals surface area contributed by atoms with Gasteiger partial charge < -0.3 is 5.73 Å². The quantitative estimate of drug-likeness (QED) is 0.673. The molecule has 0 amide bonds. The van der Waals surface area contributed by atoms with Gasteiger partial charge in [-0.1, -0.05) is 11.6 Å². The smallest absolute Gasteiger partial charge is 0.262 e. The third-order valence-corrected chi connectivity index (χ3v) is 4.29. The van der Waals surface area contributed by atoms with Crippen molar-refractivity contribution in [3.63, 3.8) is 0 Å². The van der Waals surface area contributed by atoms with Gasteiger partial charge in [0.05, 0.1) is 16.3 Å². The van der Waals surface area contributed by atoms with Crippen molar-refractivity contribution in [1.82, 2.24) is 4.98 Å². The maximum atomic E-state index is 13.3. The molecule has 0 fully saturated rings. The minimum Gasteiger partial charge on any atom is -0.396 e. The molecule has 3 N–H and O–H groups in total. The molecule has 0 aliphatic rings. The minimum absolute atomic E-state index is 0.0932. The number of hydrogen-bond donors (Lipinski definition) is 2. The van der Waals surface area contributed by atoms with Crippen molar-refractivity contribution in [2.45, 2.75) is 11.8 Å². The van der Waals surface area contributed by atoms with Gasteiger partial charge in [0.1, 0.15) is 11.0 Å². The third kappa shape index (κ3) is 3.00. The molecule has 5 nitrogen and oxygen atoms in total. The van der Waals surface area contributed by atoms with Gasteiger partial charge in [-0.25, -0.2) is 17.8 Å². The highest BCUT2D eigenvalue weighted by Crippen LogP contribution is 2.24. The van der Waals surface area contributed by atoms with E-state index in [1.165, 1.54) is 25.3 Å². The summed E-state index contributed by atoms with van der Waals surface area (Å²) in [6.07, 6.45) is 1.37. The summed E-state index contributed by atoms with van der Waals surface area (Å²) < 4.78 is 40.1. The number of nitrogen functional groups attached to an aromatic ring is 1. The van der Waals surface area contributed by atoms with Crippen LogP contribution in [0.25, 0.3) is 0 Å². The van der Waals surface area contributed by atoms with E-state index in [0.717, 1.165) is 12.1 Å². The summed E-state index contributed by atoms with van der Waals surface area (Å²) in [5.74, 6) is -0.659. The lowest BCUT2D eigenvalue weighted by Gasteiger charge is -2.11. The summed E-state index contributed by atoms with van der Waals surface area (Å²) in [5.41, 5.74) is 5.68. The molecule has 1 aromatic carbocycles. The Morgan fingerprint density at radius 3 is 2.70 bits per heavy atom. The molecule has 2 aromatic rings. The van der Waals surface area contributed by atoms with Crippen LogP contribution in [0.3, 0.4) is 0 Å². The first-order valence-electron chi connectivity index (χ1n) is 5.49. The molecule has 0 bridgehead atoms. The molecule has 0 radical (unpaired) electrons. The topological polar surface area (TPSA) is 85.1 Å². The van der Waals surface area contributed by atoms with E-state index < -0.39 is 15.8 Å². The van der Waals surface area contributed by atoms with Gasteiger partial charge in [-0.3, -0.25) is 4.72 Å². The zero-order chi connectivity index (χ0) is 14.9. The monoisotopic (exact) mass is 315 g/mol. The first-order chi connectivity index (χ1) is 9.29. The fourth-order valence-electron chi connectivity index (χ4n) is 1.63. The van der Waals surface area contributed by atoms with Gasteiger partial charge in [0.15, 0.2) is 0 Å². The second-order valence-electron chi connectivity index (χ2n) is 4.11.